The van der Waals surface area contributed by atoms with E-state index in [1.807, 2.05) is 11.8 Å². The van der Waals surface area contributed by atoms with Crippen LogP contribution in [0.15, 0.2) is 72.9 Å². The molecule has 1 aromatic heterocycles. The van der Waals surface area contributed by atoms with Gasteiger partial charge in [-0.2, -0.15) is 0 Å². The molecule has 0 aliphatic carbocycles. The predicted octanol–water partition coefficient (Wildman–Crippen LogP) is 4.87. The first-order chi connectivity index (χ1) is 16.9. The first kappa shape index (κ1) is 23.9. The molecule has 1 atom stereocenters. The molecule has 4 rings (SSSR count). The molecule has 0 saturated carbocycles. The Morgan fingerprint density at radius 1 is 1.11 bits per heavy atom. The fraction of sp³-hybridized carbons (Fsp3) is 0.222. The number of amides is 2. The summed E-state index contributed by atoms with van der Waals surface area (Å²) < 4.78 is 24.8. The fourth-order valence-corrected chi connectivity index (χ4v) is 4.00. The Morgan fingerprint density at radius 3 is 2.54 bits per heavy atom. The van der Waals surface area contributed by atoms with Crippen molar-refractivity contribution in [3.8, 4) is 23.1 Å². The summed E-state index contributed by atoms with van der Waals surface area (Å²) in [6, 6.07) is 14.2. The second-order valence-corrected chi connectivity index (χ2v) is 8.34. The van der Waals surface area contributed by atoms with Crippen LogP contribution in [0, 0.1) is 11.7 Å². The van der Waals surface area contributed by atoms with Gasteiger partial charge in [0.1, 0.15) is 28.6 Å². The van der Waals surface area contributed by atoms with Crippen LogP contribution in [-0.4, -0.2) is 34.8 Å². The van der Waals surface area contributed by atoms with Crippen molar-refractivity contribution in [2.45, 2.75) is 19.8 Å². The Bertz CT molecular complexity index is 1240. The Labute approximate surface area is 203 Å². The van der Waals surface area contributed by atoms with Crippen molar-refractivity contribution < 1.29 is 23.5 Å². The van der Waals surface area contributed by atoms with E-state index in [0.717, 1.165) is 12.0 Å². The van der Waals surface area contributed by atoms with Crippen LogP contribution in [0.25, 0.3) is 0 Å². The minimum Gasteiger partial charge on any atom is -0.457 e. The summed E-state index contributed by atoms with van der Waals surface area (Å²) in [6.07, 6.45) is 6.54. The first-order valence-electron chi connectivity index (χ1n) is 11.3. The monoisotopic (exact) mass is 475 g/mol. The molecule has 35 heavy (non-hydrogen) atoms. The van der Waals surface area contributed by atoms with Gasteiger partial charge in [0.25, 0.3) is 5.91 Å². The van der Waals surface area contributed by atoms with E-state index >= 15 is 0 Å². The molecule has 1 unspecified atom stereocenters. The Hall–Kier alpha value is -4.20. The van der Waals surface area contributed by atoms with Gasteiger partial charge in [0.15, 0.2) is 0 Å². The number of halogens is 1. The van der Waals surface area contributed by atoms with E-state index in [0.29, 0.717) is 36.8 Å². The number of aromatic nitrogens is 1. The number of rotatable bonds is 8. The number of hydrogen-bond acceptors (Lipinski definition) is 5. The van der Waals surface area contributed by atoms with Crippen molar-refractivity contribution >= 4 is 11.8 Å². The SMILES string of the molecule is C/C=C/C(=O)N1CCC(Cc2cnc(Oc3ccc(Oc4cccc(F)c4)cc3)c(C(N)=O)c2)C1. The summed E-state index contributed by atoms with van der Waals surface area (Å²) >= 11 is 0. The smallest absolute Gasteiger partial charge is 0.254 e. The number of carbonyl (C=O) groups excluding carboxylic acids is 2. The van der Waals surface area contributed by atoms with E-state index in [1.165, 1.54) is 12.1 Å². The van der Waals surface area contributed by atoms with Crippen molar-refractivity contribution in [1.82, 2.24) is 9.88 Å². The molecule has 1 fully saturated rings. The fourth-order valence-electron chi connectivity index (χ4n) is 4.00. The highest BCUT2D eigenvalue weighted by Gasteiger charge is 2.25. The molecule has 1 saturated heterocycles. The maximum atomic E-state index is 13.3. The quantitative estimate of drug-likeness (QED) is 0.469. The van der Waals surface area contributed by atoms with Gasteiger partial charge in [-0.25, -0.2) is 9.37 Å². The summed E-state index contributed by atoms with van der Waals surface area (Å²) in [7, 11) is 0. The largest absolute Gasteiger partial charge is 0.457 e. The summed E-state index contributed by atoms with van der Waals surface area (Å²) in [5.74, 6) is 0.694. The molecule has 2 heterocycles. The standard InChI is InChI=1S/C27H26FN3O4/c1-2-4-25(32)31-12-11-18(17-31)13-19-14-24(26(29)33)27(30-16-19)35-22-9-7-21(8-10-22)34-23-6-3-5-20(28)15-23/h2-10,14-16,18H,11-13,17H2,1H3,(H2,29,33)/b4-2+. The van der Waals surface area contributed by atoms with Gasteiger partial charge in [0.05, 0.1) is 0 Å². The number of ether oxygens (including phenoxy) is 2. The highest BCUT2D eigenvalue weighted by Crippen LogP contribution is 2.29. The first-order valence-corrected chi connectivity index (χ1v) is 11.3. The number of allylic oxidation sites excluding steroid dienone is 1. The van der Waals surface area contributed by atoms with Crippen molar-refractivity contribution in [2.75, 3.05) is 13.1 Å². The minimum atomic E-state index is -0.642. The van der Waals surface area contributed by atoms with Crippen LogP contribution in [0.5, 0.6) is 23.1 Å². The minimum absolute atomic E-state index is 0.0158. The van der Waals surface area contributed by atoms with Crippen LogP contribution in [0.2, 0.25) is 0 Å². The zero-order valence-corrected chi connectivity index (χ0v) is 19.3. The zero-order chi connectivity index (χ0) is 24.8. The number of hydrogen-bond donors (Lipinski definition) is 1. The molecule has 180 valence electrons. The van der Waals surface area contributed by atoms with Gasteiger partial charge in [-0.1, -0.05) is 12.1 Å². The number of benzene rings is 2. The van der Waals surface area contributed by atoms with E-state index in [1.54, 1.807) is 60.8 Å². The third-order valence-corrected chi connectivity index (χ3v) is 5.67. The molecule has 3 aromatic rings. The van der Waals surface area contributed by atoms with E-state index in [4.69, 9.17) is 15.2 Å². The highest BCUT2D eigenvalue weighted by molar-refractivity contribution is 5.95. The lowest BCUT2D eigenvalue weighted by Gasteiger charge is -2.15. The molecule has 2 amide bonds. The van der Waals surface area contributed by atoms with Gasteiger partial charge in [0, 0.05) is 25.4 Å². The number of carbonyl (C=O) groups is 2. The summed E-state index contributed by atoms with van der Waals surface area (Å²) in [6.45, 7) is 3.20. The lowest BCUT2D eigenvalue weighted by molar-refractivity contribution is -0.125. The van der Waals surface area contributed by atoms with Crippen molar-refractivity contribution in [1.29, 1.82) is 0 Å². The summed E-state index contributed by atoms with van der Waals surface area (Å²) in [5, 5.41) is 0. The molecule has 0 bridgehead atoms. The van der Waals surface area contributed by atoms with E-state index in [-0.39, 0.29) is 29.1 Å². The van der Waals surface area contributed by atoms with Crippen LogP contribution in [0.1, 0.15) is 29.3 Å². The Balaban J connectivity index is 1.42. The third-order valence-electron chi connectivity index (χ3n) is 5.67. The van der Waals surface area contributed by atoms with Gasteiger partial charge in [-0.3, -0.25) is 9.59 Å². The average Bonchev–Trinajstić information content (AvgIpc) is 3.30. The third kappa shape index (κ3) is 6.23. The maximum absolute atomic E-state index is 13.3. The van der Waals surface area contributed by atoms with Crippen molar-refractivity contribution in [3.63, 3.8) is 0 Å². The Morgan fingerprint density at radius 2 is 1.86 bits per heavy atom. The molecule has 7 nitrogen and oxygen atoms in total. The molecule has 0 spiro atoms. The van der Waals surface area contributed by atoms with Gasteiger partial charge >= 0.3 is 0 Å². The summed E-state index contributed by atoms with van der Waals surface area (Å²) in [4.78, 5) is 30.3. The number of nitrogens with zero attached hydrogens (tertiary/aromatic N) is 2. The van der Waals surface area contributed by atoms with Crippen LogP contribution in [0.4, 0.5) is 4.39 Å². The molecule has 2 aromatic carbocycles. The molecular formula is C27H26FN3O4. The van der Waals surface area contributed by atoms with Gasteiger partial charge < -0.3 is 20.1 Å². The number of pyridine rings is 1. The zero-order valence-electron chi connectivity index (χ0n) is 19.3. The predicted molar refractivity (Wildman–Crippen MR) is 129 cm³/mol. The van der Waals surface area contributed by atoms with Crippen molar-refractivity contribution in [2.24, 2.45) is 11.7 Å². The maximum Gasteiger partial charge on any atom is 0.254 e. The van der Waals surface area contributed by atoms with Crippen LogP contribution in [-0.2, 0) is 11.2 Å². The Kier molecular flexibility index (Phi) is 7.40. The number of likely N-dealkylation sites (tertiary alicyclic amines) is 1. The molecule has 8 heteroatoms. The lowest BCUT2D eigenvalue weighted by Crippen LogP contribution is -2.27. The molecule has 0 radical (unpaired) electrons. The highest BCUT2D eigenvalue weighted by atomic mass is 19.1. The van der Waals surface area contributed by atoms with E-state index in [2.05, 4.69) is 4.98 Å². The number of primary amides is 1. The van der Waals surface area contributed by atoms with Gasteiger partial charge in [-0.05, 0) is 79.8 Å². The average molecular weight is 476 g/mol. The lowest BCUT2D eigenvalue weighted by atomic mass is 9.99. The second-order valence-electron chi connectivity index (χ2n) is 8.34. The molecule has 1 aliphatic rings. The van der Waals surface area contributed by atoms with Crippen LogP contribution < -0.4 is 15.2 Å². The van der Waals surface area contributed by atoms with Gasteiger partial charge in [0.2, 0.25) is 11.8 Å². The normalized spacial score (nSPS) is 15.4. The van der Waals surface area contributed by atoms with Crippen LogP contribution >= 0.6 is 0 Å². The van der Waals surface area contributed by atoms with E-state index < -0.39 is 5.91 Å². The van der Waals surface area contributed by atoms with E-state index in [9.17, 15) is 14.0 Å². The topological polar surface area (TPSA) is 94.8 Å². The number of nitrogens with two attached hydrogens (primary N) is 1. The molecule has 2 N–H and O–H groups in total. The van der Waals surface area contributed by atoms with Crippen LogP contribution in [0.3, 0.4) is 0 Å². The molecular weight excluding hydrogens is 449 g/mol. The van der Waals surface area contributed by atoms with Gasteiger partial charge in [-0.15, -0.1) is 0 Å². The molecule has 1 aliphatic heterocycles. The van der Waals surface area contributed by atoms with Crippen molar-refractivity contribution in [3.05, 3.63) is 89.9 Å². The summed E-state index contributed by atoms with van der Waals surface area (Å²) in [5.41, 5.74) is 6.63. The second kappa shape index (κ2) is 10.8.